The fourth-order valence-corrected chi connectivity index (χ4v) is 3.82. The number of urea groups is 1. The molecule has 1 unspecified atom stereocenters. The van der Waals surface area contributed by atoms with Crippen molar-refractivity contribution in [1.29, 1.82) is 5.26 Å². The van der Waals surface area contributed by atoms with Crippen LogP contribution in [-0.4, -0.2) is 36.3 Å². The van der Waals surface area contributed by atoms with Gasteiger partial charge in [-0.15, -0.1) is 0 Å². The summed E-state index contributed by atoms with van der Waals surface area (Å²) in [5, 5.41) is 15.2. The maximum atomic E-state index is 12.4. The zero-order chi connectivity index (χ0) is 19.5. The first kappa shape index (κ1) is 18.1. The number of aromatic nitrogens is 1. The molecule has 0 saturated carbocycles. The van der Waals surface area contributed by atoms with Gasteiger partial charge in [-0.05, 0) is 55.7 Å². The number of carbonyl (C=O) groups excluding carboxylic acids is 1. The highest BCUT2D eigenvalue weighted by atomic mass is 16.5. The molecule has 1 aromatic carbocycles. The molecular formula is C21H23N5O2. The first-order valence-electron chi connectivity index (χ1n) is 9.59. The number of rotatable bonds is 3. The number of ether oxygens (including phenoxy) is 1. The van der Waals surface area contributed by atoms with Gasteiger partial charge in [0.2, 0.25) is 0 Å². The van der Waals surface area contributed by atoms with E-state index in [0.717, 1.165) is 55.2 Å². The summed E-state index contributed by atoms with van der Waals surface area (Å²) in [5.74, 6) is 1.62. The number of nitriles is 1. The number of fused-ring (bicyclic) bond motifs is 1. The standard InChI is InChI=1S/C21H23N5O2/c1-14-11-16-12-18(4-5-19(16)28-14)25-21(27)24-17-6-9-26(10-7-17)20-15(13-22)3-2-8-23-20/h2-5,8,12,14,17H,6-7,9-11H2,1H3,(H2,24,25,27). The minimum Gasteiger partial charge on any atom is -0.490 e. The Balaban J connectivity index is 1.30. The average molecular weight is 377 g/mol. The number of amides is 2. The molecule has 1 saturated heterocycles. The third kappa shape index (κ3) is 3.86. The Labute approximate surface area is 164 Å². The zero-order valence-corrected chi connectivity index (χ0v) is 15.8. The molecule has 1 fully saturated rings. The number of pyridine rings is 1. The Morgan fingerprint density at radius 2 is 2.14 bits per heavy atom. The molecule has 2 aliphatic heterocycles. The molecule has 0 aliphatic carbocycles. The van der Waals surface area contributed by atoms with Crippen LogP contribution in [0.25, 0.3) is 0 Å². The van der Waals surface area contributed by atoms with Gasteiger partial charge in [-0.2, -0.15) is 5.26 Å². The first-order chi connectivity index (χ1) is 13.6. The van der Waals surface area contributed by atoms with Crippen LogP contribution in [0.4, 0.5) is 16.3 Å². The summed E-state index contributed by atoms with van der Waals surface area (Å²) < 4.78 is 5.69. The van der Waals surface area contributed by atoms with Crippen molar-refractivity contribution in [3.8, 4) is 11.8 Å². The number of piperidine rings is 1. The van der Waals surface area contributed by atoms with Crippen LogP contribution >= 0.6 is 0 Å². The number of hydrogen-bond acceptors (Lipinski definition) is 5. The van der Waals surface area contributed by atoms with Crippen LogP contribution in [0.2, 0.25) is 0 Å². The zero-order valence-electron chi connectivity index (χ0n) is 15.8. The molecular weight excluding hydrogens is 354 g/mol. The van der Waals surface area contributed by atoms with Gasteiger partial charge in [0.25, 0.3) is 0 Å². The molecule has 1 aromatic heterocycles. The minimum atomic E-state index is -0.194. The highest BCUT2D eigenvalue weighted by Crippen LogP contribution is 2.31. The Hall–Kier alpha value is -3.27. The van der Waals surface area contributed by atoms with E-state index in [1.807, 2.05) is 25.1 Å². The van der Waals surface area contributed by atoms with Crippen molar-refractivity contribution >= 4 is 17.5 Å². The quantitative estimate of drug-likeness (QED) is 0.858. The van der Waals surface area contributed by atoms with Crippen LogP contribution in [-0.2, 0) is 6.42 Å². The Morgan fingerprint density at radius 3 is 2.93 bits per heavy atom. The van der Waals surface area contributed by atoms with Crippen molar-refractivity contribution in [2.45, 2.75) is 38.3 Å². The molecule has 0 radical (unpaired) electrons. The van der Waals surface area contributed by atoms with Gasteiger partial charge in [0.15, 0.2) is 0 Å². The van der Waals surface area contributed by atoms with Gasteiger partial charge in [-0.1, -0.05) is 0 Å². The van der Waals surface area contributed by atoms with Crippen LogP contribution in [0.1, 0.15) is 30.9 Å². The molecule has 2 aliphatic rings. The summed E-state index contributed by atoms with van der Waals surface area (Å²) in [7, 11) is 0. The second-order valence-electron chi connectivity index (χ2n) is 7.30. The van der Waals surface area contributed by atoms with E-state index in [1.54, 1.807) is 18.3 Å². The molecule has 1 atom stereocenters. The van der Waals surface area contributed by atoms with E-state index < -0.39 is 0 Å². The van der Waals surface area contributed by atoms with E-state index in [2.05, 4.69) is 26.6 Å². The van der Waals surface area contributed by atoms with Gasteiger partial charge in [-0.25, -0.2) is 9.78 Å². The van der Waals surface area contributed by atoms with Gasteiger partial charge < -0.3 is 20.3 Å². The highest BCUT2D eigenvalue weighted by molar-refractivity contribution is 5.89. The molecule has 2 aromatic rings. The SMILES string of the molecule is CC1Cc2cc(NC(=O)NC3CCN(c4ncccc4C#N)CC3)ccc2O1. The Bertz CT molecular complexity index is 915. The van der Waals surface area contributed by atoms with Gasteiger partial charge >= 0.3 is 6.03 Å². The lowest BCUT2D eigenvalue weighted by atomic mass is 10.0. The molecule has 7 nitrogen and oxygen atoms in total. The fourth-order valence-electron chi connectivity index (χ4n) is 3.82. The van der Waals surface area contributed by atoms with Crippen molar-refractivity contribution in [1.82, 2.24) is 10.3 Å². The summed E-state index contributed by atoms with van der Waals surface area (Å²) in [5.41, 5.74) is 2.49. The largest absolute Gasteiger partial charge is 0.490 e. The lowest BCUT2D eigenvalue weighted by Gasteiger charge is -2.33. The molecule has 144 valence electrons. The van der Waals surface area contributed by atoms with Crippen molar-refractivity contribution in [3.63, 3.8) is 0 Å². The topological polar surface area (TPSA) is 90.3 Å². The maximum Gasteiger partial charge on any atom is 0.319 e. The predicted octanol–water partition coefficient (Wildman–Crippen LogP) is 3.07. The summed E-state index contributed by atoms with van der Waals surface area (Å²) in [6, 6.07) is 11.4. The number of hydrogen-bond donors (Lipinski definition) is 2. The molecule has 0 bridgehead atoms. The number of nitrogens with zero attached hydrogens (tertiary/aromatic N) is 3. The van der Waals surface area contributed by atoms with Crippen molar-refractivity contribution in [2.24, 2.45) is 0 Å². The molecule has 2 amide bonds. The maximum absolute atomic E-state index is 12.4. The van der Waals surface area contributed by atoms with Crippen molar-refractivity contribution in [3.05, 3.63) is 47.7 Å². The van der Waals surface area contributed by atoms with Gasteiger partial charge in [0.05, 0.1) is 5.56 Å². The average Bonchev–Trinajstić information content (AvgIpc) is 3.08. The summed E-state index contributed by atoms with van der Waals surface area (Å²) in [4.78, 5) is 18.8. The minimum absolute atomic E-state index is 0.100. The summed E-state index contributed by atoms with van der Waals surface area (Å²) >= 11 is 0. The third-order valence-corrected chi connectivity index (χ3v) is 5.19. The molecule has 28 heavy (non-hydrogen) atoms. The summed E-state index contributed by atoms with van der Waals surface area (Å²) in [6.07, 6.45) is 4.37. The Kier molecular flexibility index (Phi) is 5.02. The molecule has 4 rings (SSSR count). The van der Waals surface area contributed by atoms with E-state index in [9.17, 15) is 10.1 Å². The van der Waals surface area contributed by atoms with Crippen LogP contribution in [0.3, 0.4) is 0 Å². The van der Waals surface area contributed by atoms with E-state index >= 15 is 0 Å². The normalized spacial score (nSPS) is 18.7. The van der Waals surface area contributed by atoms with Crippen LogP contribution in [0.15, 0.2) is 36.5 Å². The van der Waals surface area contributed by atoms with Crippen LogP contribution in [0, 0.1) is 11.3 Å². The van der Waals surface area contributed by atoms with E-state index in [4.69, 9.17) is 4.74 Å². The second kappa shape index (κ2) is 7.77. The monoisotopic (exact) mass is 377 g/mol. The van der Waals surface area contributed by atoms with E-state index in [1.165, 1.54) is 0 Å². The summed E-state index contributed by atoms with van der Waals surface area (Å²) in [6.45, 7) is 3.55. The molecule has 0 spiro atoms. The highest BCUT2D eigenvalue weighted by Gasteiger charge is 2.23. The van der Waals surface area contributed by atoms with Gasteiger partial charge in [-0.3, -0.25) is 0 Å². The number of benzene rings is 1. The van der Waals surface area contributed by atoms with Crippen molar-refractivity contribution in [2.75, 3.05) is 23.3 Å². The van der Waals surface area contributed by atoms with Crippen molar-refractivity contribution < 1.29 is 9.53 Å². The molecule has 7 heteroatoms. The number of anilines is 2. The lowest BCUT2D eigenvalue weighted by molar-refractivity contribution is 0.246. The number of nitrogens with one attached hydrogen (secondary N) is 2. The van der Waals surface area contributed by atoms with Crippen LogP contribution in [0.5, 0.6) is 5.75 Å². The smallest absolute Gasteiger partial charge is 0.319 e. The molecule has 2 N–H and O–H groups in total. The predicted molar refractivity (Wildman–Crippen MR) is 107 cm³/mol. The van der Waals surface area contributed by atoms with E-state index in [-0.39, 0.29) is 18.2 Å². The number of carbonyl (C=O) groups is 1. The fraction of sp³-hybridized carbons (Fsp3) is 0.381. The molecule has 3 heterocycles. The third-order valence-electron chi connectivity index (χ3n) is 5.19. The second-order valence-corrected chi connectivity index (χ2v) is 7.30. The lowest BCUT2D eigenvalue weighted by Crippen LogP contribution is -2.46. The Morgan fingerprint density at radius 1 is 1.32 bits per heavy atom. The van der Waals surface area contributed by atoms with E-state index in [0.29, 0.717) is 5.56 Å². The van der Waals surface area contributed by atoms with Gasteiger partial charge in [0, 0.05) is 37.4 Å². The van der Waals surface area contributed by atoms with Crippen LogP contribution < -0.4 is 20.3 Å². The first-order valence-corrected chi connectivity index (χ1v) is 9.59. The van der Waals surface area contributed by atoms with Gasteiger partial charge in [0.1, 0.15) is 23.7 Å².